The van der Waals surface area contributed by atoms with Crippen LogP contribution in [0.3, 0.4) is 0 Å². The van der Waals surface area contributed by atoms with E-state index in [1.54, 1.807) is 0 Å². The van der Waals surface area contributed by atoms with Crippen molar-refractivity contribution in [1.82, 2.24) is 5.32 Å². The van der Waals surface area contributed by atoms with E-state index in [1.807, 2.05) is 6.07 Å². The number of hydrogen-bond acceptors (Lipinski definition) is 3. The summed E-state index contributed by atoms with van der Waals surface area (Å²) < 4.78 is 31.6. The van der Waals surface area contributed by atoms with Crippen LogP contribution in [0.4, 0.5) is 8.78 Å². The molecule has 6 heteroatoms. The van der Waals surface area contributed by atoms with E-state index in [0.29, 0.717) is 11.1 Å². The molecule has 1 heterocycles. The first-order valence-electron chi connectivity index (χ1n) is 5.89. The van der Waals surface area contributed by atoms with E-state index >= 15 is 0 Å². The molecule has 0 saturated heterocycles. The number of rotatable bonds is 3. The fourth-order valence-electron chi connectivity index (χ4n) is 1.98. The molecule has 0 spiro atoms. The second-order valence-electron chi connectivity index (χ2n) is 4.39. The van der Waals surface area contributed by atoms with Crippen LogP contribution in [0.15, 0.2) is 24.3 Å². The highest BCUT2D eigenvalue weighted by atomic mass is 19.1. The third-order valence-corrected chi connectivity index (χ3v) is 3.04. The first-order valence-corrected chi connectivity index (χ1v) is 5.89. The van der Waals surface area contributed by atoms with Gasteiger partial charge in [0.2, 0.25) is 0 Å². The number of nitrogens with one attached hydrogen (secondary N) is 1. The maximum Gasteiger partial charge on any atom is 0.251 e. The van der Waals surface area contributed by atoms with E-state index in [4.69, 9.17) is 10.00 Å². The molecule has 0 atom stereocenters. The second kappa shape index (κ2) is 5.29. The van der Waals surface area contributed by atoms with E-state index in [-0.39, 0.29) is 11.3 Å². The normalized spacial score (nSPS) is 15.4. The molecule has 0 aromatic heterocycles. The van der Waals surface area contributed by atoms with Gasteiger partial charge in [-0.3, -0.25) is 4.79 Å². The zero-order valence-corrected chi connectivity index (χ0v) is 10.7. The molecule has 1 amide bonds. The van der Waals surface area contributed by atoms with Crippen molar-refractivity contribution in [2.24, 2.45) is 0 Å². The predicted octanol–water partition coefficient (Wildman–Crippen LogP) is 1.76. The van der Waals surface area contributed by atoms with Gasteiger partial charge in [0.05, 0.1) is 17.2 Å². The zero-order valence-electron chi connectivity index (χ0n) is 10.7. The van der Waals surface area contributed by atoms with Gasteiger partial charge < -0.3 is 10.1 Å². The van der Waals surface area contributed by atoms with Crippen LogP contribution in [0.5, 0.6) is 5.75 Å². The van der Waals surface area contributed by atoms with Crippen molar-refractivity contribution in [3.8, 4) is 11.8 Å². The first kappa shape index (κ1) is 14.0. The van der Waals surface area contributed by atoms with Gasteiger partial charge in [0.15, 0.2) is 5.60 Å². The molecule has 1 aliphatic heterocycles. The number of amides is 1. The van der Waals surface area contributed by atoms with Crippen LogP contribution in [0.2, 0.25) is 0 Å². The van der Waals surface area contributed by atoms with Crippen molar-refractivity contribution in [2.75, 3.05) is 20.4 Å². The Morgan fingerprint density at radius 2 is 2.15 bits per heavy atom. The fraction of sp³-hybridized carbons (Fsp3) is 0.286. The van der Waals surface area contributed by atoms with Gasteiger partial charge in [-0.1, -0.05) is 0 Å². The van der Waals surface area contributed by atoms with Gasteiger partial charge in [0, 0.05) is 12.6 Å². The third kappa shape index (κ3) is 2.23. The van der Waals surface area contributed by atoms with Gasteiger partial charge in [-0.05, 0) is 24.3 Å². The lowest BCUT2D eigenvalue weighted by molar-refractivity contribution is -0.115. The number of alkyl halides is 2. The van der Waals surface area contributed by atoms with Gasteiger partial charge >= 0.3 is 0 Å². The summed E-state index contributed by atoms with van der Waals surface area (Å²) in [7, 11) is 1.42. The fourth-order valence-corrected chi connectivity index (χ4v) is 1.98. The van der Waals surface area contributed by atoms with Crippen LogP contribution in [0.1, 0.15) is 11.1 Å². The second-order valence-corrected chi connectivity index (χ2v) is 4.39. The molecule has 1 N–H and O–H groups in total. The number of fused-ring (bicyclic) bond motifs is 1. The largest absolute Gasteiger partial charge is 0.477 e. The molecule has 0 saturated carbocycles. The first-order chi connectivity index (χ1) is 9.59. The summed E-state index contributed by atoms with van der Waals surface area (Å²) in [5.74, 6) is -0.309. The smallest absolute Gasteiger partial charge is 0.251 e. The minimum absolute atomic E-state index is 0.0983. The number of carbonyl (C=O) groups excluding carboxylic acids is 1. The van der Waals surface area contributed by atoms with E-state index in [0.717, 1.165) is 6.08 Å². The minimum Gasteiger partial charge on any atom is -0.477 e. The average Bonchev–Trinajstić information content (AvgIpc) is 2.52. The van der Waals surface area contributed by atoms with E-state index < -0.39 is 24.9 Å². The van der Waals surface area contributed by atoms with Crippen LogP contribution < -0.4 is 10.1 Å². The summed E-state index contributed by atoms with van der Waals surface area (Å²) >= 11 is 0. The number of benzene rings is 1. The van der Waals surface area contributed by atoms with Crippen molar-refractivity contribution in [2.45, 2.75) is 5.60 Å². The molecule has 4 nitrogen and oxygen atoms in total. The third-order valence-electron chi connectivity index (χ3n) is 3.04. The van der Waals surface area contributed by atoms with Crippen molar-refractivity contribution in [1.29, 1.82) is 5.26 Å². The quantitative estimate of drug-likeness (QED) is 0.916. The van der Waals surface area contributed by atoms with Gasteiger partial charge in [-0.15, -0.1) is 0 Å². The van der Waals surface area contributed by atoms with E-state index in [2.05, 4.69) is 5.32 Å². The Hall–Kier alpha value is -2.42. The van der Waals surface area contributed by atoms with Crippen molar-refractivity contribution < 1.29 is 18.3 Å². The van der Waals surface area contributed by atoms with Gasteiger partial charge in [-0.25, -0.2) is 8.78 Å². The molecule has 0 fully saturated rings. The molecule has 0 bridgehead atoms. The highest BCUT2D eigenvalue weighted by molar-refractivity contribution is 6.20. The average molecular weight is 278 g/mol. The van der Waals surface area contributed by atoms with Gasteiger partial charge in [0.1, 0.15) is 19.1 Å². The Kier molecular flexibility index (Phi) is 3.70. The summed E-state index contributed by atoms with van der Waals surface area (Å²) in [5.41, 5.74) is -1.01. The molecule has 1 aromatic rings. The maximum atomic E-state index is 13.1. The Balaban J connectivity index is 2.62. The number of halogens is 2. The highest BCUT2D eigenvalue weighted by Gasteiger charge is 2.37. The van der Waals surface area contributed by atoms with E-state index in [1.165, 1.54) is 25.2 Å². The molecule has 20 heavy (non-hydrogen) atoms. The minimum atomic E-state index is -1.79. The lowest BCUT2D eigenvalue weighted by Crippen LogP contribution is -2.42. The Morgan fingerprint density at radius 1 is 1.45 bits per heavy atom. The number of hydrogen-bond donors (Lipinski definition) is 1. The number of nitrogens with zero attached hydrogens (tertiary/aromatic N) is 1. The van der Waals surface area contributed by atoms with Crippen LogP contribution in [-0.2, 0) is 4.79 Å². The maximum absolute atomic E-state index is 13.1. The van der Waals surface area contributed by atoms with Crippen molar-refractivity contribution >= 4 is 11.5 Å². The summed E-state index contributed by atoms with van der Waals surface area (Å²) in [6, 6.07) is 6.30. The topological polar surface area (TPSA) is 62.1 Å². The zero-order chi connectivity index (χ0) is 14.8. The molecular formula is C14H12F2N2O2. The lowest BCUT2D eigenvalue weighted by Gasteiger charge is -2.32. The van der Waals surface area contributed by atoms with Crippen LogP contribution >= 0.6 is 0 Å². The summed E-state index contributed by atoms with van der Waals surface area (Å²) in [6.45, 7) is -2.19. The Morgan fingerprint density at radius 3 is 2.70 bits per heavy atom. The number of likely N-dealkylation sites (N-methyl/N-ethyl adjacent to an activating group) is 1. The van der Waals surface area contributed by atoms with Crippen molar-refractivity contribution in [3.05, 3.63) is 35.4 Å². The molecular weight excluding hydrogens is 266 g/mol. The molecule has 104 valence electrons. The highest BCUT2D eigenvalue weighted by Crippen LogP contribution is 2.37. The molecule has 0 radical (unpaired) electrons. The number of carbonyl (C=O) groups is 1. The number of ether oxygens (including phenoxy) is 1. The predicted molar refractivity (Wildman–Crippen MR) is 68.5 cm³/mol. The van der Waals surface area contributed by atoms with Gasteiger partial charge in [-0.2, -0.15) is 5.26 Å². The molecule has 0 unspecified atom stereocenters. The Bertz CT molecular complexity index is 616. The SMILES string of the molecule is CNC(=O)C1=CC(CF)(CF)Oc2ccc(C#N)cc21. The van der Waals surface area contributed by atoms with Crippen LogP contribution in [0.25, 0.3) is 5.57 Å². The molecule has 0 aliphatic carbocycles. The number of nitriles is 1. The lowest BCUT2D eigenvalue weighted by atomic mass is 9.92. The molecule has 1 aliphatic rings. The molecule has 2 rings (SSSR count). The van der Waals surface area contributed by atoms with Crippen molar-refractivity contribution in [3.63, 3.8) is 0 Å². The summed E-state index contributed by atoms with van der Waals surface area (Å²) in [6.07, 6.45) is 1.13. The monoisotopic (exact) mass is 278 g/mol. The Labute approximate surface area is 114 Å². The van der Waals surface area contributed by atoms with Crippen LogP contribution in [0, 0.1) is 11.3 Å². The van der Waals surface area contributed by atoms with Gasteiger partial charge in [0.25, 0.3) is 5.91 Å². The van der Waals surface area contributed by atoms with E-state index in [9.17, 15) is 13.6 Å². The standard InChI is InChI=1S/C14H12F2N2O2/c1-18-13(19)11-5-14(7-15,8-16)20-12-3-2-9(6-17)4-10(11)12/h2-5H,7-8H2,1H3,(H,18,19). The summed E-state index contributed by atoms with van der Waals surface area (Å²) in [5, 5.41) is 11.3. The van der Waals surface area contributed by atoms with Crippen LogP contribution in [-0.4, -0.2) is 31.9 Å². The summed E-state index contributed by atoms with van der Waals surface area (Å²) in [4.78, 5) is 11.9. The molecule has 1 aromatic carbocycles.